The highest BCUT2D eigenvalue weighted by Crippen LogP contribution is 2.18. The van der Waals surface area contributed by atoms with E-state index < -0.39 is 0 Å². The van der Waals surface area contributed by atoms with Crippen LogP contribution in [0.3, 0.4) is 0 Å². The van der Waals surface area contributed by atoms with Crippen molar-refractivity contribution in [3.05, 3.63) is 35.6 Å². The molecule has 3 heteroatoms. The van der Waals surface area contributed by atoms with Crippen LogP contribution in [0.25, 0.3) is 0 Å². The van der Waals surface area contributed by atoms with E-state index in [0.717, 1.165) is 24.7 Å². The maximum atomic E-state index is 12.8. The molecule has 1 fully saturated rings. The SMILES string of the molecule is CC(CNC1CC1)N(C)Cc1ccc(F)cc1. The van der Waals surface area contributed by atoms with Crippen molar-refractivity contribution in [3.8, 4) is 0 Å². The van der Waals surface area contributed by atoms with Gasteiger partial charge >= 0.3 is 0 Å². The molecular formula is C14H21FN2. The molecule has 0 bridgehead atoms. The molecule has 0 spiro atoms. The minimum absolute atomic E-state index is 0.167. The summed E-state index contributed by atoms with van der Waals surface area (Å²) in [6.07, 6.45) is 2.66. The van der Waals surface area contributed by atoms with E-state index in [-0.39, 0.29) is 5.82 Å². The van der Waals surface area contributed by atoms with Gasteiger partial charge in [0.25, 0.3) is 0 Å². The molecule has 1 aromatic carbocycles. The van der Waals surface area contributed by atoms with E-state index in [2.05, 4.69) is 24.2 Å². The maximum absolute atomic E-state index is 12.8. The molecule has 1 aliphatic carbocycles. The molecular weight excluding hydrogens is 215 g/mol. The van der Waals surface area contributed by atoms with E-state index in [1.165, 1.54) is 25.0 Å². The molecule has 2 rings (SSSR count). The van der Waals surface area contributed by atoms with E-state index in [1.54, 1.807) is 0 Å². The Labute approximate surface area is 103 Å². The number of hydrogen-bond donors (Lipinski definition) is 1. The van der Waals surface area contributed by atoms with Gasteiger partial charge in [-0.05, 0) is 44.5 Å². The fourth-order valence-corrected chi connectivity index (χ4v) is 1.81. The predicted octanol–water partition coefficient (Wildman–Crippen LogP) is 2.40. The van der Waals surface area contributed by atoms with E-state index >= 15 is 0 Å². The van der Waals surface area contributed by atoms with Gasteiger partial charge in [-0.3, -0.25) is 4.90 Å². The van der Waals surface area contributed by atoms with Gasteiger partial charge in [0.2, 0.25) is 0 Å². The molecule has 1 N–H and O–H groups in total. The Morgan fingerprint density at radius 3 is 2.59 bits per heavy atom. The number of rotatable bonds is 6. The number of halogens is 1. The molecule has 0 saturated heterocycles. The normalized spacial score (nSPS) is 17.4. The third-order valence-corrected chi connectivity index (χ3v) is 3.38. The highest BCUT2D eigenvalue weighted by molar-refractivity contribution is 5.15. The first-order chi connectivity index (χ1) is 8.15. The van der Waals surface area contributed by atoms with Crippen molar-refractivity contribution < 1.29 is 4.39 Å². The summed E-state index contributed by atoms with van der Waals surface area (Å²) in [6.45, 7) is 4.12. The van der Waals surface area contributed by atoms with Crippen molar-refractivity contribution in [3.63, 3.8) is 0 Å². The summed E-state index contributed by atoms with van der Waals surface area (Å²) >= 11 is 0. The van der Waals surface area contributed by atoms with Crippen molar-refractivity contribution in [1.29, 1.82) is 0 Å². The van der Waals surface area contributed by atoms with Gasteiger partial charge in [-0.1, -0.05) is 12.1 Å². The zero-order chi connectivity index (χ0) is 12.3. The molecule has 0 radical (unpaired) electrons. The molecule has 1 saturated carbocycles. The Balaban J connectivity index is 1.78. The van der Waals surface area contributed by atoms with Crippen molar-refractivity contribution in [1.82, 2.24) is 10.2 Å². The third-order valence-electron chi connectivity index (χ3n) is 3.38. The fraction of sp³-hybridized carbons (Fsp3) is 0.571. The van der Waals surface area contributed by atoms with Gasteiger partial charge in [0.05, 0.1) is 0 Å². The second-order valence-electron chi connectivity index (χ2n) is 5.07. The zero-order valence-corrected chi connectivity index (χ0v) is 10.6. The van der Waals surface area contributed by atoms with Crippen LogP contribution in [0.4, 0.5) is 4.39 Å². The molecule has 1 aliphatic rings. The second kappa shape index (κ2) is 5.61. The summed E-state index contributed by atoms with van der Waals surface area (Å²) in [5.74, 6) is -0.167. The summed E-state index contributed by atoms with van der Waals surface area (Å²) in [4.78, 5) is 2.29. The molecule has 0 aliphatic heterocycles. The van der Waals surface area contributed by atoms with Crippen LogP contribution >= 0.6 is 0 Å². The van der Waals surface area contributed by atoms with E-state index in [0.29, 0.717) is 6.04 Å². The van der Waals surface area contributed by atoms with Gasteiger partial charge in [-0.2, -0.15) is 0 Å². The van der Waals surface area contributed by atoms with Gasteiger partial charge < -0.3 is 5.32 Å². The lowest BCUT2D eigenvalue weighted by Gasteiger charge is -2.25. The third kappa shape index (κ3) is 4.10. The van der Waals surface area contributed by atoms with Crippen LogP contribution in [0.2, 0.25) is 0 Å². The number of hydrogen-bond acceptors (Lipinski definition) is 2. The quantitative estimate of drug-likeness (QED) is 0.816. The van der Waals surface area contributed by atoms with E-state index in [1.807, 2.05) is 12.1 Å². The summed E-state index contributed by atoms with van der Waals surface area (Å²) < 4.78 is 12.8. The fourth-order valence-electron chi connectivity index (χ4n) is 1.81. The summed E-state index contributed by atoms with van der Waals surface area (Å²) in [5, 5.41) is 3.53. The van der Waals surface area contributed by atoms with Crippen LogP contribution in [0, 0.1) is 5.82 Å². The summed E-state index contributed by atoms with van der Waals surface area (Å²) in [5.41, 5.74) is 1.16. The van der Waals surface area contributed by atoms with Crippen LogP contribution in [-0.2, 0) is 6.54 Å². The largest absolute Gasteiger partial charge is 0.312 e. The molecule has 0 aromatic heterocycles. The van der Waals surface area contributed by atoms with Gasteiger partial charge in [-0.15, -0.1) is 0 Å². The molecule has 0 heterocycles. The van der Waals surface area contributed by atoms with Gasteiger partial charge in [0, 0.05) is 25.2 Å². The predicted molar refractivity (Wildman–Crippen MR) is 68.4 cm³/mol. The topological polar surface area (TPSA) is 15.3 Å². The van der Waals surface area contributed by atoms with Crippen molar-refractivity contribution in [2.24, 2.45) is 0 Å². The average Bonchev–Trinajstić information content (AvgIpc) is 3.13. The smallest absolute Gasteiger partial charge is 0.123 e. The average molecular weight is 236 g/mol. The van der Waals surface area contributed by atoms with Gasteiger partial charge in [0.15, 0.2) is 0 Å². The van der Waals surface area contributed by atoms with Crippen molar-refractivity contribution in [2.75, 3.05) is 13.6 Å². The lowest BCUT2D eigenvalue weighted by atomic mass is 10.2. The van der Waals surface area contributed by atoms with Crippen molar-refractivity contribution in [2.45, 2.75) is 38.4 Å². The second-order valence-corrected chi connectivity index (χ2v) is 5.07. The molecule has 0 amide bonds. The summed E-state index contributed by atoms with van der Waals surface area (Å²) in [7, 11) is 2.11. The number of likely N-dealkylation sites (N-methyl/N-ethyl adjacent to an activating group) is 1. The van der Waals surface area contributed by atoms with E-state index in [4.69, 9.17) is 0 Å². The Morgan fingerprint density at radius 2 is 2.00 bits per heavy atom. The monoisotopic (exact) mass is 236 g/mol. The van der Waals surface area contributed by atoms with E-state index in [9.17, 15) is 4.39 Å². The number of nitrogens with one attached hydrogen (secondary N) is 1. The Morgan fingerprint density at radius 1 is 1.35 bits per heavy atom. The maximum Gasteiger partial charge on any atom is 0.123 e. The minimum atomic E-state index is -0.167. The lowest BCUT2D eigenvalue weighted by Crippen LogP contribution is -2.38. The number of benzene rings is 1. The lowest BCUT2D eigenvalue weighted by molar-refractivity contribution is 0.242. The minimum Gasteiger partial charge on any atom is -0.312 e. The van der Waals surface area contributed by atoms with Gasteiger partial charge in [-0.25, -0.2) is 4.39 Å². The van der Waals surface area contributed by atoms with Gasteiger partial charge in [0.1, 0.15) is 5.82 Å². The van der Waals surface area contributed by atoms with Crippen molar-refractivity contribution >= 4 is 0 Å². The van der Waals surface area contributed by atoms with Crippen LogP contribution in [0.1, 0.15) is 25.3 Å². The Bertz CT molecular complexity index is 346. The first-order valence-electron chi connectivity index (χ1n) is 6.33. The van der Waals surface area contributed by atoms with Crippen LogP contribution in [0.15, 0.2) is 24.3 Å². The molecule has 1 aromatic rings. The molecule has 1 atom stereocenters. The first-order valence-corrected chi connectivity index (χ1v) is 6.33. The zero-order valence-electron chi connectivity index (χ0n) is 10.6. The van der Waals surface area contributed by atoms with Crippen LogP contribution < -0.4 is 5.32 Å². The molecule has 1 unspecified atom stereocenters. The molecule has 2 nitrogen and oxygen atoms in total. The molecule has 94 valence electrons. The first kappa shape index (κ1) is 12.5. The van der Waals surface area contributed by atoms with Crippen LogP contribution in [0.5, 0.6) is 0 Å². The molecule has 17 heavy (non-hydrogen) atoms. The Kier molecular flexibility index (Phi) is 4.13. The summed E-state index contributed by atoms with van der Waals surface area (Å²) in [6, 6.07) is 8.02. The van der Waals surface area contributed by atoms with Crippen LogP contribution in [-0.4, -0.2) is 30.6 Å². The number of nitrogens with zero attached hydrogens (tertiary/aromatic N) is 1. The Hall–Kier alpha value is -0.930. The highest BCUT2D eigenvalue weighted by atomic mass is 19.1. The highest BCUT2D eigenvalue weighted by Gasteiger charge is 2.21. The standard InChI is InChI=1S/C14H21FN2/c1-11(9-16-14-7-8-14)17(2)10-12-3-5-13(15)6-4-12/h3-6,11,14,16H,7-10H2,1-2H3.